The third kappa shape index (κ3) is 3.95. The van der Waals surface area contributed by atoms with Crippen molar-refractivity contribution in [3.63, 3.8) is 0 Å². The lowest BCUT2D eigenvalue weighted by Gasteiger charge is -2.04. The molecule has 0 saturated heterocycles. The maximum absolute atomic E-state index is 5.63. The third-order valence-corrected chi connectivity index (χ3v) is 2.42. The highest BCUT2D eigenvalue weighted by Crippen LogP contribution is 2.09. The van der Waals surface area contributed by atoms with E-state index in [2.05, 4.69) is 18.1 Å². The molecule has 0 fully saturated rings. The molecule has 2 rings (SSSR count). The van der Waals surface area contributed by atoms with Crippen molar-refractivity contribution < 1.29 is 0 Å². The quantitative estimate of drug-likeness (QED) is 0.855. The van der Waals surface area contributed by atoms with Crippen LogP contribution in [0.4, 0.5) is 5.69 Å². The molecular weight excluding hydrogens is 257 g/mol. The van der Waals surface area contributed by atoms with Crippen LogP contribution in [0.2, 0.25) is 0 Å². The predicted molar refractivity (Wildman–Crippen MR) is 76.2 cm³/mol. The lowest BCUT2D eigenvalue weighted by atomic mass is 10.2. The Morgan fingerprint density at radius 3 is 2.18 bits per heavy atom. The number of hydrogen-bond donors (Lipinski definition) is 1. The van der Waals surface area contributed by atoms with Crippen molar-refractivity contribution in [3.05, 3.63) is 47.3 Å². The van der Waals surface area contributed by atoms with Crippen LogP contribution in [0.25, 0.3) is 0 Å². The molecule has 1 aromatic carbocycles. The molecule has 0 unspecified atom stereocenters. The van der Waals surface area contributed by atoms with Gasteiger partial charge in [-0.15, -0.1) is 24.8 Å². The lowest BCUT2D eigenvalue weighted by Crippen LogP contribution is -2.03. The average Bonchev–Trinajstić information content (AvgIpc) is 2.49. The topological polar surface area (TPSA) is 43.8 Å². The average molecular weight is 274 g/mol. The van der Waals surface area contributed by atoms with Crippen LogP contribution in [-0.4, -0.2) is 9.78 Å². The summed E-state index contributed by atoms with van der Waals surface area (Å²) in [6.45, 7) is 4.88. The molecule has 0 spiro atoms. The fraction of sp³-hybridized carbons (Fsp3) is 0.250. The number of nitrogens with two attached hydrogens (primary N) is 1. The van der Waals surface area contributed by atoms with E-state index in [1.807, 2.05) is 35.9 Å². The maximum Gasteiger partial charge on any atom is 0.0662 e. The van der Waals surface area contributed by atoms with Crippen LogP contribution in [0.5, 0.6) is 0 Å². The summed E-state index contributed by atoms with van der Waals surface area (Å²) in [5.74, 6) is 0. The molecule has 17 heavy (non-hydrogen) atoms. The van der Waals surface area contributed by atoms with Crippen molar-refractivity contribution in [1.29, 1.82) is 0 Å². The van der Waals surface area contributed by atoms with Gasteiger partial charge in [-0.1, -0.05) is 12.1 Å². The summed E-state index contributed by atoms with van der Waals surface area (Å²) in [5.41, 5.74) is 9.89. The van der Waals surface area contributed by atoms with E-state index in [0.29, 0.717) is 0 Å². The molecule has 0 aliphatic carbocycles. The van der Waals surface area contributed by atoms with Crippen LogP contribution < -0.4 is 5.73 Å². The van der Waals surface area contributed by atoms with Crippen LogP contribution in [-0.2, 0) is 6.54 Å². The Hall–Kier alpha value is -1.19. The van der Waals surface area contributed by atoms with Crippen LogP contribution in [0.3, 0.4) is 0 Å². The number of halogens is 2. The van der Waals surface area contributed by atoms with Crippen molar-refractivity contribution in [2.75, 3.05) is 5.73 Å². The monoisotopic (exact) mass is 273 g/mol. The molecule has 5 heteroatoms. The second-order valence-corrected chi connectivity index (χ2v) is 3.83. The van der Waals surface area contributed by atoms with E-state index >= 15 is 0 Å². The molecule has 0 aliphatic heterocycles. The first-order chi connectivity index (χ1) is 7.15. The number of aryl methyl sites for hydroxylation is 2. The summed E-state index contributed by atoms with van der Waals surface area (Å²) in [4.78, 5) is 0. The zero-order chi connectivity index (χ0) is 10.8. The van der Waals surface area contributed by atoms with Gasteiger partial charge < -0.3 is 5.73 Å². The highest BCUT2D eigenvalue weighted by Gasteiger charge is 2.01. The van der Waals surface area contributed by atoms with Gasteiger partial charge in [0.1, 0.15) is 0 Å². The highest BCUT2D eigenvalue weighted by molar-refractivity contribution is 5.85. The van der Waals surface area contributed by atoms with Crippen LogP contribution >= 0.6 is 24.8 Å². The SMILES string of the molecule is Cc1cc(C)n(Cc2ccc(N)cc2)n1.Cl.Cl. The molecule has 94 valence electrons. The van der Waals surface area contributed by atoms with Gasteiger partial charge in [-0.25, -0.2) is 0 Å². The summed E-state index contributed by atoms with van der Waals surface area (Å²) < 4.78 is 2.00. The molecule has 0 atom stereocenters. The van der Waals surface area contributed by atoms with E-state index in [1.165, 1.54) is 11.3 Å². The first-order valence-corrected chi connectivity index (χ1v) is 5.00. The van der Waals surface area contributed by atoms with Gasteiger partial charge in [0.2, 0.25) is 0 Å². The Bertz CT molecular complexity index is 463. The van der Waals surface area contributed by atoms with Crippen LogP contribution in [0.15, 0.2) is 30.3 Å². The minimum absolute atomic E-state index is 0. The number of anilines is 1. The summed E-state index contributed by atoms with van der Waals surface area (Å²) in [7, 11) is 0. The van der Waals surface area contributed by atoms with E-state index in [4.69, 9.17) is 5.73 Å². The second kappa shape index (κ2) is 6.52. The molecule has 2 N–H and O–H groups in total. The van der Waals surface area contributed by atoms with Crippen molar-refractivity contribution in [2.24, 2.45) is 0 Å². The highest BCUT2D eigenvalue weighted by atomic mass is 35.5. The van der Waals surface area contributed by atoms with Gasteiger partial charge >= 0.3 is 0 Å². The lowest BCUT2D eigenvalue weighted by molar-refractivity contribution is 0.659. The second-order valence-electron chi connectivity index (χ2n) is 3.83. The number of nitrogens with zero attached hydrogens (tertiary/aromatic N) is 2. The Morgan fingerprint density at radius 2 is 1.71 bits per heavy atom. The predicted octanol–water partition coefficient (Wildman–Crippen LogP) is 2.97. The first kappa shape index (κ1) is 15.8. The van der Waals surface area contributed by atoms with Gasteiger partial charge in [0, 0.05) is 11.4 Å². The zero-order valence-electron chi connectivity index (χ0n) is 9.88. The molecule has 0 bridgehead atoms. The molecule has 1 heterocycles. The summed E-state index contributed by atoms with van der Waals surface area (Å²) in [5, 5.41) is 4.41. The first-order valence-electron chi connectivity index (χ1n) is 5.00. The Labute approximate surface area is 114 Å². The molecule has 3 nitrogen and oxygen atoms in total. The summed E-state index contributed by atoms with van der Waals surface area (Å²) >= 11 is 0. The van der Waals surface area contributed by atoms with E-state index in [1.54, 1.807) is 0 Å². The smallest absolute Gasteiger partial charge is 0.0662 e. The normalized spacial score (nSPS) is 9.29. The van der Waals surface area contributed by atoms with Crippen LogP contribution in [0, 0.1) is 13.8 Å². The molecule has 0 aliphatic rings. The fourth-order valence-electron chi connectivity index (χ4n) is 1.63. The van der Waals surface area contributed by atoms with Gasteiger partial charge in [0.05, 0.1) is 12.2 Å². The van der Waals surface area contributed by atoms with Crippen molar-refractivity contribution in [2.45, 2.75) is 20.4 Å². The molecule has 0 radical (unpaired) electrons. The minimum atomic E-state index is 0. The molecule has 1 aromatic heterocycles. The van der Waals surface area contributed by atoms with Gasteiger partial charge in [0.25, 0.3) is 0 Å². The van der Waals surface area contributed by atoms with Crippen molar-refractivity contribution in [1.82, 2.24) is 9.78 Å². The number of benzene rings is 1. The largest absolute Gasteiger partial charge is 0.399 e. The zero-order valence-corrected chi connectivity index (χ0v) is 11.5. The summed E-state index contributed by atoms with van der Waals surface area (Å²) in [6, 6.07) is 9.98. The van der Waals surface area contributed by atoms with Crippen molar-refractivity contribution >= 4 is 30.5 Å². The van der Waals surface area contributed by atoms with E-state index in [-0.39, 0.29) is 24.8 Å². The van der Waals surface area contributed by atoms with E-state index in [9.17, 15) is 0 Å². The fourth-order valence-corrected chi connectivity index (χ4v) is 1.63. The standard InChI is InChI=1S/C12H15N3.2ClH/c1-9-7-10(2)15(14-9)8-11-3-5-12(13)6-4-11;;/h3-7H,8,13H2,1-2H3;2*1H. The Morgan fingerprint density at radius 1 is 1.12 bits per heavy atom. The maximum atomic E-state index is 5.63. The van der Waals surface area contributed by atoms with Gasteiger partial charge in [-0.3, -0.25) is 4.68 Å². The summed E-state index contributed by atoms with van der Waals surface area (Å²) in [6.07, 6.45) is 0. The minimum Gasteiger partial charge on any atom is -0.399 e. The van der Waals surface area contributed by atoms with Gasteiger partial charge in [-0.2, -0.15) is 5.10 Å². The molecule has 2 aromatic rings. The third-order valence-electron chi connectivity index (χ3n) is 2.42. The molecular formula is C12H17Cl2N3. The van der Waals surface area contributed by atoms with Gasteiger partial charge in [0.15, 0.2) is 0 Å². The number of nitrogen functional groups attached to an aromatic ring is 1. The molecule has 0 saturated carbocycles. The number of hydrogen-bond acceptors (Lipinski definition) is 2. The number of rotatable bonds is 2. The molecule has 0 amide bonds. The Kier molecular flexibility index (Phi) is 6.07. The van der Waals surface area contributed by atoms with Gasteiger partial charge in [-0.05, 0) is 37.6 Å². The van der Waals surface area contributed by atoms with Crippen LogP contribution in [0.1, 0.15) is 17.0 Å². The Balaban J connectivity index is 0.00000128. The van der Waals surface area contributed by atoms with E-state index in [0.717, 1.165) is 17.9 Å². The van der Waals surface area contributed by atoms with Crippen molar-refractivity contribution in [3.8, 4) is 0 Å². The number of aromatic nitrogens is 2. The van der Waals surface area contributed by atoms with E-state index < -0.39 is 0 Å².